The molecule has 0 unspecified atom stereocenters. The van der Waals surface area contributed by atoms with Crippen LogP contribution in [-0.4, -0.2) is 15.3 Å². The first-order chi connectivity index (χ1) is 11.3. The van der Waals surface area contributed by atoms with E-state index >= 15 is 0 Å². The maximum Gasteiger partial charge on any atom is 0.416 e. The Morgan fingerprint density at radius 3 is 2.71 bits per heavy atom. The Labute approximate surface area is 139 Å². The van der Waals surface area contributed by atoms with E-state index in [1.165, 1.54) is 0 Å². The van der Waals surface area contributed by atoms with Gasteiger partial charge in [-0.3, -0.25) is 9.20 Å². The fourth-order valence-corrected chi connectivity index (χ4v) is 2.53. The van der Waals surface area contributed by atoms with Crippen LogP contribution in [-0.2, 0) is 6.18 Å². The molecule has 2 aromatic heterocycles. The number of hydrogen-bond donors (Lipinski definition) is 1. The zero-order valence-corrected chi connectivity index (χ0v) is 13.1. The molecular weight excluding hydrogens is 343 g/mol. The lowest BCUT2D eigenvalue weighted by atomic mass is 10.2. The molecule has 1 aromatic carbocycles. The quantitative estimate of drug-likeness (QED) is 0.733. The van der Waals surface area contributed by atoms with Crippen molar-refractivity contribution in [2.75, 3.05) is 5.32 Å². The SMILES string of the molecule is Cc1nc2ccccn2c1C(=O)Nc1cc(C(F)(F)F)ccc1Cl. The molecule has 124 valence electrons. The zero-order chi connectivity index (χ0) is 17.5. The first-order valence-electron chi connectivity index (χ1n) is 6.89. The Hall–Kier alpha value is -2.54. The van der Waals surface area contributed by atoms with Crippen LogP contribution in [0.4, 0.5) is 18.9 Å². The number of aryl methyl sites for hydroxylation is 1. The fourth-order valence-electron chi connectivity index (χ4n) is 2.37. The Kier molecular flexibility index (Phi) is 3.96. The number of aromatic nitrogens is 2. The third-order valence-electron chi connectivity index (χ3n) is 3.46. The maximum absolute atomic E-state index is 12.8. The number of amides is 1. The van der Waals surface area contributed by atoms with E-state index in [-0.39, 0.29) is 16.4 Å². The number of hydrogen-bond acceptors (Lipinski definition) is 2. The number of alkyl halides is 3. The van der Waals surface area contributed by atoms with E-state index in [0.717, 1.165) is 18.2 Å². The molecule has 1 N–H and O–H groups in total. The number of imidazole rings is 1. The highest BCUT2D eigenvalue weighted by atomic mass is 35.5. The summed E-state index contributed by atoms with van der Waals surface area (Å²) < 4.78 is 40.0. The average molecular weight is 354 g/mol. The lowest BCUT2D eigenvalue weighted by Gasteiger charge is -2.12. The largest absolute Gasteiger partial charge is 0.416 e. The van der Waals surface area contributed by atoms with E-state index in [4.69, 9.17) is 11.6 Å². The molecule has 3 rings (SSSR count). The van der Waals surface area contributed by atoms with E-state index in [1.807, 2.05) is 0 Å². The molecule has 3 aromatic rings. The molecule has 2 heterocycles. The van der Waals surface area contributed by atoms with Gasteiger partial charge >= 0.3 is 6.18 Å². The van der Waals surface area contributed by atoms with Crippen LogP contribution in [0.2, 0.25) is 5.02 Å². The molecule has 1 amide bonds. The Balaban J connectivity index is 1.99. The molecule has 0 bridgehead atoms. The number of rotatable bonds is 2. The molecule has 0 saturated heterocycles. The predicted octanol–water partition coefficient (Wildman–Crippen LogP) is 4.57. The third kappa shape index (κ3) is 2.94. The van der Waals surface area contributed by atoms with Crippen molar-refractivity contribution < 1.29 is 18.0 Å². The lowest BCUT2D eigenvalue weighted by Crippen LogP contribution is -2.16. The van der Waals surface area contributed by atoms with Crippen LogP contribution in [0.1, 0.15) is 21.7 Å². The van der Waals surface area contributed by atoms with Gasteiger partial charge in [-0.15, -0.1) is 0 Å². The smallest absolute Gasteiger partial charge is 0.319 e. The number of nitrogens with zero attached hydrogens (tertiary/aromatic N) is 2. The number of benzene rings is 1. The number of anilines is 1. The van der Waals surface area contributed by atoms with Crippen molar-refractivity contribution in [3.8, 4) is 0 Å². The van der Waals surface area contributed by atoms with Crippen molar-refractivity contribution in [3.63, 3.8) is 0 Å². The topological polar surface area (TPSA) is 46.4 Å². The summed E-state index contributed by atoms with van der Waals surface area (Å²) in [5.41, 5.74) is 0.259. The molecule has 0 aliphatic heterocycles. The molecule has 0 saturated carbocycles. The first kappa shape index (κ1) is 16.3. The van der Waals surface area contributed by atoms with Crippen molar-refractivity contribution in [1.82, 2.24) is 9.38 Å². The summed E-state index contributed by atoms with van der Waals surface area (Å²) in [7, 11) is 0. The molecule has 8 heteroatoms. The second-order valence-electron chi connectivity index (χ2n) is 5.12. The van der Waals surface area contributed by atoms with Crippen molar-refractivity contribution in [1.29, 1.82) is 0 Å². The van der Waals surface area contributed by atoms with Crippen LogP contribution in [0.15, 0.2) is 42.6 Å². The van der Waals surface area contributed by atoms with Crippen molar-refractivity contribution in [3.05, 3.63) is 64.6 Å². The van der Waals surface area contributed by atoms with E-state index in [1.54, 1.807) is 35.7 Å². The van der Waals surface area contributed by atoms with Crippen LogP contribution >= 0.6 is 11.6 Å². The van der Waals surface area contributed by atoms with E-state index in [0.29, 0.717) is 11.3 Å². The minimum atomic E-state index is -4.52. The number of fused-ring (bicyclic) bond motifs is 1. The van der Waals surface area contributed by atoms with Crippen LogP contribution in [0.3, 0.4) is 0 Å². The Morgan fingerprint density at radius 2 is 2.00 bits per heavy atom. The number of carbonyl (C=O) groups is 1. The summed E-state index contributed by atoms with van der Waals surface area (Å²) in [4.78, 5) is 16.8. The lowest BCUT2D eigenvalue weighted by molar-refractivity contribution is -0.137. The van der Waals surface area contributed by atoms with E-state index < -0.39 is 17.6 Å². The van der Waals surface area contributed by atoms with Gasteiger partial charge in [0.05, 0.1) is 22.0 Å². The predicted molar refractivity (Wildman–Crippen MR) is 84.3 cm³/mol. The molecule has 0 spiro atoms. The molecule has 0 aliphatic rings. The van der Waals surface area contributed by atoms with Crippen molar-refractivity contribution in [2.24, 2.45) is 0 Å². The van der Waals surface area contributed by atoms with Gasteiger partial charge in [-0.25, -0.2) is 4.98 Å². The summed E-state index contributed by atoms with van der Waals surface area (Å²) in [6, 6.07) is 7.98. The molecule has 0 radical (unpaired) electrons. The van der Waals surface area contributed by atoms with E-state index in [2.05, 4.69) is 10.3 Å². The monoisotopic (exact) mass is 353 g/mol. The average Bonchev–Trinajstić information content (AvgIpc) is 2.84. The van der Waals surface area contributed by atoms with Gasteiger partial charge in [-0.2, -0.15) is 13.2 Å². The van der Waals surface area contributed by atoms with Crippen molar-refractivity contribution >= 4 is 28.8 Å². The summed E-state index contributed by atoms with van der Waals surface area (Å²) in [5, 5.41) is 2.44. The standard InChI is InChI=1S/C16H11ClF3N3O/c1-9-14(23-7-3-2-4-13(23)21-9)15(24)22-12-8-10(16(18,19)20)5-6-11(12)17/h2-8H,1H3,(H,22,24). The number of pyridine rings is 1. The summed E-state index contributed by atoms with van der Waals surface area (Å²) in [6.45, 7) is 1.65. The Morgan fingerprint density at radius 1 is 1.25 bits per heavy atom. The maximum atomic E-state index is 12.8. The number of halogens is 4. The highest BCUT2D eigenvalue weighted by Gasteiger charge is 2.31. The minimum Gasteiger partial charge on any atom is -0.319 e. The minimum absolute atomic E-state index is 0.0165. The van der Waals surface area contributed by atoms with Crippen molar-refractivity contribution in [2.45, 2.75) is 13.1 Å². The van der Waals surface area contributed by atoms with Gasteiger partial charge in [0, 0.05) is 6.20 Å². The molecule has 24 heavy (non-hydrogen) atoms. The Bertz CT molecular complexity index is 934. The summed E-state index contributed by atoms with van der Waals surface area (Å²) >= 11 is 5.91. The second-order valence-corrected chi connectivity index (χ2v) is 5.53. The van der Waals surface area contributed by atoms with Crippen LogP contribution in [0.5, 0.6) is 0 Å². The van der Waals surface area contributed by atoms with E-state index in [9.17, 15) is 18.0 Å². The van der Waals surface area contributed by atoms with Gasteiger partial charge in [0.15, 0.2) is 0 Å². The van der Waals surface area contributed by atoms with Crippen LogP contribution in [0, 0.1) is 6.92 Å². The number of nitrogens with one attached hydrogen (secondary N) is 1. The summed E-state index contributed by atoms with van der Waals surface area (Å²) in [5.74, 6) is -0.590. The van der Waals surface area contributed by atoms with Crippen LogP contribution in [0.25, 0.3) is 5.65 Å². The third-order valence-corrected chi connectivity index (χ3v) is 3.79. The molecular formula is C16H11ClF3N3O. The van der Waals surface area contributed by atoms with Gasteiger partial charge in [0.1, 0.15) is 11.3 Å². The molecule has 0 atom stereocenters. The van der Waals surface area contributed by atoms with Gasteiger partial charge in [-0.1, -0.05) is 17.7 Å². The number of carbonyl (C=O) groups excluding carboxylic acids is 1. The van der Waals surface area contributed by atoms with Gasteiger partial charge in [0.2, 0.25) is 0 Å². The van der Waals surface area contributed by atoms with Crippen LogP contribution < -0.4 is 5.32 Å². The normalized spacial score (nSPS) is 11.7. The highest BCUT2D eigenvalue weighted by molar-refractivity contribution is 6.34. The second kappa shape index (κ2) is 5.83. The molecule has 0 fully saturated rings. The highest BCUT2D eigenvalue weighted by Crippen LogP contribution is 2.34. The molecule has 4 nitrogen and oxygen atoms in total. The summed E-state index contributed by atoms with van der Waals surface area (Å²) in [6.07, 6.45) is -2.87. The van der Waals surface area contributed by atoms with Gasteiger partial charge < -0.3 is 5.32 Å². The fraction of sp³-hybridized carbons (Fsp3) is 0.125. The molecule has 0 aliphatic carbocycles. The first-order valence-corrected chi connectivity index (χ1v) is 7.27. The zero-order valence-electron chi connectivity index (χ0n) is 12.4. The van der Waals surface area contributed by atoms with Gasteiger partial charge in [-0.05, 0) is 37.3 Å². The van der Waals surface area contributed by atoms with Gasteiger partial charge in [0.25, 0.3) is 5.91 Å².